The number of thiol groups is 2. The first kappa shape index (κ1) is 8.66. The van der Waals surface area contributed by atoms with Gasteiger partial charge in [-0.1, -0.05) is 6.92 Å². The van der Waals surface area contributed by atoms with Crippen LogP contribution in [0.1, 0.15) is 13.3 Å². The highest BCUT2D eigenvalue weighted by Crippen LogP contribution is 2.04. The Bertz CT molecular complexity index is 56.4. The minimum atomic E-state index is -0.296. The van der Waals surface area contributed by atoms with Gasteiger partial charge in [0, 0.05) is 5.25 Å². The fraction of sp³-hybridized carbons (Fsp3) is 1.00. The number of aliphatic hydroxyl groups is 1. The Kier molecular flexibility index (Phi) is 4.90. The molecule has 0 rings (SSSR count). The predicted molar refractivity (Wildman–Crippen MR) is 42.9 cm³/mol. The van der Waals surface area contributed by atoms with Crippen molar-refractivity contribution in [3.63, 3.8) is 0 Å². The molecule has 1 nitrogen and oxygen atoms in total. The number of hydrogen-bond acceptors (Lipinski definition) is 3. The Morgan fingerprint density at radius 1 is 1.62 bits per heavy atom. The molecule has 0 aliphatic heterocycles. The Hall–Kier alpha value is 0.660. The summed E-state index contributed by atoms with van der Waals surface area (Å²) in [6, 6.07) is 0. The zero-order chi connectivity index (χ0) is 6.57. The van der Waals surface area contributed by atoms with Gasteiger partial charge in [-0.25, -0.2) is 0 Å². The van der Waals surface area contributed by atoms with Gasteiger partial charge in [0.15, 0.2) is 0 Å². The summed E-state index contributed by atoms with van der Waals surface area (Å²) >= 11 is 8.00. The third-order valence-corrected chi connectivity index (χ3v) is 1.58. The van der Waals surface area contributed by atoms with Gasteiger partial charge in [0.1, 0.15) is 0 Å². The molecule has 0 aliphatic carbocycles. The van der Waals surface area contributed by atoms with Crippen LogP contribution in [0.2, 0.25) is 0 Å². The fourth-order valence-corrected chi connectivity index (χ4v) is 0.787. The minimum Gasteiger partial charge on any atom is -0.392 e. The van der Waals surface area contributed by atoms with Gasteiger partial charge in [-0.2, -0.15) is 25.3 Å². The average molecular weight is 152 g/mol. The van der Waals surface area contributed by atoms with E-state index in [-0.39, 0.29) is 11.4 Å². The standard InChI is InChI=1S/C5H12OS2/c1-4(8)5(6)2-3-7/h4-8H,2-3H2,1H3. The van der Waals surface area contributed by atoms with Gasteiger partial charge in [-0.05, 0) is 12.2 Å². The van der Waals surface area contributed by atoms with Crippen molar-refractivity contribution in [2.75, 3.05) is 5.75 Å². The van der Waals surface area contributed by atoms with Crippen LogP contribution in [0, 0.1) is 0 Å². The molecule has 0 bridgehead atoms. The van der Waals surface area contributed by atoms with Crippen LogP contribution in [-0.4, -0.2) is 22.2 Å². The van der Waals surface area contributed by atoms with Gasteiger partial charge in [-0.3, -0.25) is 0 Å². The summed E-state index contributed by atoms with van der Waals surface area (Å²) in [7, 11) is 0. The molecule has 0 aromatic heterocycles. The number of aliphatic hydroxyl groups excluding tert-OH is 1. The van der Waals surface area contributed by atoms with Crippen molar-refractivity contribution in [2.24, 2.45) is 0 Å². The second-order valence-electron chi connectivity index (χ2n) is 1.82. The molecule has 0 fully saturated rings. The smallest absolute Gasteiger partial charge is 0.0661 e. The molecular weight excluding hydrogens is 140 g/mol. The summed E-state index contributed by atoms with van der Waals surface area (Å²) in [4.78, 5) is 0. The van der Waals surface area contributed by atoms with E-state index in [1.165, 1.54) is 0 Å². The van der Waals surface area contributed by atoms with E-state index in [2.05, 4.69) is 25.3 Å². The summed E-state index contributed by atoms with van der Waals surface area (Å²) < 4.78 is 0. The molecule has 2 unspecified atom stereocenters. The molecule has 0 aliphatic rings. The highest BCUT2D eigenvalue weighted by Gasteiger charge is 2.06. The summed E-state index contributed by atoms with van der Waals surface area (Å²) in [6.07, 6.45) is 0.434. The maximum Gasteiger partial charge on any atom is 0.0661 e. The normalized spacial score (nSPS) is 18.0. The van der Waals surface area contributed by atoms with Crippen molar-refractivity contribution in [2.45, 2.75) is 24.7 Å². The third-order valence-electron chi connectivity index (χ3n) is 0.982. The van der Waals surface area contributed by atoms with E-state index < -0.39 is 0 Å². The molecule has 0 aromatic carbocycles. The van der Waals surface area contributed by atoms with E-state index in [1.807, 2.05) is 6.92 Å². The molecule has 0 radical (unpaired) electrons. The average Bonchev–Trinajstić information content (AvgIpc) is 1.67. The maximum atomic E-state index is 9.00. The van der Waals surface area contributed by atoms with Crippen LogP contribution in [0.5, 0.6) is 0 Å². The zero-order valence-electron chi connectivity index (χ0n) is 4.91. The van der Waals surface area contributed by atoms with Crippen molar-refractivity contribution < 1.29 is 5.11 Å². The Balaban J connectivity index is 3.17. The molecule has 50 valence electrons. The molecule has 0 amide bonds. The topological polar surface area (TPSA) is 20.2 Å². The van der Waals surface area contributed by atoms with E-state index in [0.29, 0.717) is 0 Å². The fourth-order valence-electron chi connectivity index (χ4n) is 0.373. The second kappa shape index (κ2) is 4.53. The monoisotopic (exact) mass is 152 g/mol. The van der Waals surface area contributed by atoms with Crippen LogP contribution >= 0.6 is 25.3 Å². The Morgan fingerprint density at radius 3 is 2.25 bits per heavy atom. The van der Waals surface area contributed by atoms with Crippen molar-refractivity contribution in [1.82, 2.24) is 0 Å². The molecule has 2 atom stereocenters. The largest absolute Gasteiger partial charge is 0.392 e. The van der Waals surface area contributed by atoms with Crippen LogP contribution in [0.3, 0.4) is 0 Å². The molecule has 0 spiro atoms. The molecule has 0 saturated heterocycles. The third kappa shape index (κ3) is 3.64. The lowest BCUT2D eigenvalue weighted by molar-refractivity contribution is 0.174. The van der Waals surface area contributed by atoms with Crippen LogP contribution in [0.4, 0.5) is 0 Å². The first-order valence-corrected chi connectivity index (χ1v) is 3.80. The van der Waals surface area contributed by atoms with Gasteiger partial charge >= 0.3 is 0 Å². The lowest BCUT2D eigenvalue weighted by Gasteiger charge is -2.10. The van der Waals surface area contributed by atoms with Crippen molar-refractivity contribution >= 4 is 25.3 Å². The lowest BCUT2D eigenvalue weighted by atomic mass is 10.2. The van der Waals surface area contributed by atoms with Crippen LogP contribution < -0.4 is 0 Å². The first-order valence-electron chi connectivity index (χ1n) is 2.65. The molecule has 0 heterocycles. The van der Waals surface area contributed by atoms with Crippen LogP contribution in [0.15, 0.2) is 0 Å². The molecule has 0 aromatic rings. The summed E-state index contributed by atoms with van der Waals surface area (Å²) in [5.41, 5.74) is 0. The number of rotatable bonds is 3. The predicted octanol–water partition coefficient (Wildman–Crippen LogP) is 0.985. The van der Waals surface area contributed by atoms with E-state index in [4.69, 9.17) is 5.11 Å². The molecular formula is C5H12OS2. The van der Waals surface area contributed by atoms with Crippen molar-refractivity contribution in [3.05, 3.63) is 0 Å². The SMILES string of the molecule is CC(S)C(O)CCS. The van der Waals surface area contributed by atoms with E-state index in [1.54, 1.807) is 0 Å². The minimum absolute atomic E-state index is 0.0714. The summed E-state index contributed by atoms with van der Waals surface area (Å²) in [6.45, 7) is 1.87. The van der Waals surface area contributed by atoms with Crippen LogP contribution in [-0.2, 0) is 0 Å². The van der Waals surface area contributed by atoms with Gasteiger partial charge < -0.3 is 5.11 Å². The van der Waals surface area contributed by atoms with Crippen LogP contribution in [0.25, 0.3) is 0 Å². The first-order chi connectivity index (χ1) is 3.68. The highest BCUT2D eigenvalue weighted by atomic mass is 32.1. The van der Waals surface area contributed by atoms with E-state index in [9.17, 15) is 0 Å². The maximum absolute atomic E-state index is 9.00. The van der Waals surface area contributed by atoms with Gasteiger partial charge in [0.05, 0.1) is 6.10 Å². The Morgan fingerprint density at radius 2 is 2.12 bits per heavy atom. The quantitative estimate of drug-likeness (QED) is 0.515. The summed E-state index contributed by atoms with van der Waals surface area (Å²) in [5, 5.41) is 9.07. The Labute approximate surface area is 61.3 Å². The molecule has 3 heteroatoms. The van der Waals surface area contributed by atoms with E-state index >= 15 is 0 Å². The number of hydrogen-bond donors (Lipinski definition) is 3. The van der Waals surface area contributed by atoms with Gasteiger partial charge in [0.25, 0.3) is 0 Å². The van der Waals surface area contributed by atoms with Crippen molar-refractivity contribution in [1.29, 1.82) is 0 Å². The highest BCUT2D eigenvalue weighted by molar-refractivity contribution is 7.81. The molecule has 1 N–H and O–H groups in total. The lowest BCUT2D eigenvalue weighted by Crippen LogP contribution is -2.17. The molecule has 8 heavy (non-hydrogen) atoms. The van der Waals surface area contributed by atoms with Gasteiger partial charge in [-0.15, -0.1) is 0 Å². The van der Waals surface area contributed by atoms with Gasteiger partial charge in [0.2, 0.25) is 0 Å². The van der Waals surface area contributed by atoms with E-state index in [0.717, 1.165) is 12.2 Å². The zero-order valence-corrected chi connectivity index (χ0v) is 6.70. The second-order valence-corrected chi connectivity index (χ2v) is 3.08. The summed E-state index contributed by atoms with van der Waals surface area (Å²) in [5.74, 6) is 0.728. The molecule has 0 saturated carbocycles. The van der Waals surface area contributed by atoms with Crippen molar-refractivity contribution in [3.8, 4) is 0 Å².